The number of carbonyl (C=O) groups excluding carboxylic acids is 2. The molecule has 0 radical (unpaired) electrons. The first kappa shape index (κ1) is 21.5. The summed E-state index contributed by atoms with van der Waals surface area (Å²) in [6, 6.07) is 12.3. The largest absolute Gasteiger partial charge is 0.508 e. The lowest BCUT2D eigenvalue weighted by molar-refractivity contribution is 0.0240. The minimum Gasteiger partial charge on any atom is -0.508 e. The first-order chi connectivity index (χ1) is 14.1. The molecule has 0 spiro atoms. The highest BCUT2D eigenvalue weighted by atomic mass is 16.6. The van der Waals surface area contributed by atoms with Crippen LogP contribution in [0.1, 0.15) is 36.7 Å². The van der Waals surface area contributed by atoms with Crippen molar-refractivity contribution in [2.75, 3.05) is 36.4 Å². The van der Waals surface area contributed by atoms with Gasteiger partial charge in [-0.1, -0.05) is 0 Å². The number of phenols is 1. The maximum Gasteiger partial charge on any atom is 0.410 e. The number of benzene rings is 2. The van der Waals surface area contributed by atoms with Crippen LogP contribution in [-0.2, 0) is 4.74 Å². The average Bonchev–Trinajstić information content (AvgIpc) is 2.67. The first-order valence-corrected chi connectivity index (χ1v) is 10.1. The summed E-state index contributed by atoms with van der Waals surface area (Å²) in [7, 11) is 0. The van der Waals surface area contributed by atoms with E-state index < -0.39 is 5.60 Å². The average molecular weight is 412 g/mol. The SMILES string of the molecule is Cc1cc(O)ccc1C(=O)Nc1ccc(N2CCN(C(=O)OC(C)(C)C)CC2)cc1. The molecule has 2 amide bonds. The molecule has 1 fully saturated rings. The number of carbonyl (C=O) groups is 2. The summed E-state index contributed by atoms with van der Waals surface area (Å²) < 4.78 is 5.44. The zero-order valence-electron chi connectivity index (χ0n) is 17.9. The second-order valence-corrected chi connectivity index (χ2v) is 8.45. The predicted octanol–water partition coefficient (Wildman–Crippen LogP) is 4.01. The summed E-state index contributed by atoms with van der Waals surface area (Å²) in [5.74, 6) is -0.0774. The Kier molecular flexibility index (Phi) is 6.20. The Morgan fingerprint density at radius 2 is 1.63 bits per heavy atom. The van der Waals surface area contributed by atoms with Crippen LogP contribution in [0.2, 0.25) is 0 Å². The molecular weight excluding hydrogens is 382 g/mol. The molecule has 2 aromatic rings. The van der Waals surface area contributed by atoms with Crippen LogP contribution in [0.25, 0.3) is 0 Å². The van der Waals surface area contributed by atoms with Crippen LogP contribution in [0.5, 0.6) is 5.75 Å². The molecule has 2 N–H and O–H groups in total. The van der Waals surface area contributed by atoms with Crippen molar-refractivity contribution in [2.45, 2.75) is 33.3 Å². The highest BCUT2D eigenvalue weighted by Crippen LogP contribution is 2.22. The minimum atomic E-state index is -0.493. The highest BCUT2D eigenvalue weighted by Gasteiger charge is 2.26. The number of amides is 2. The summed E-state index contributed by atoms with van der Waals surface area (Å²) in [6.45, 7) is 10.0. The molecule has 3 rings (SSSR count). The van der Waals surface area contributed by atoms with E-state index in [1.165, 1.54) is 6.07 Å². The molecule has 7 heteroatoms. The molecule has 1 aliphatic rings. The Morgan fingerprint density at radius 1 is 1.00 bits per heavy atom. The molecule has 1 heterocycles. The van der Waals surface area contributed by atoms with Gasteiger partial charge in [-0.05, 0) is 75.7 Å². The molecule has 0 unspecified atom stereocenters. The quantitative estimate of drug-likeness (QED) is 0.798. The molecule has 0 aliphatic carbocycles. The molecule has 30 heavy (non-hydrogen) atoms. The molecule has 0 bridgehead atoms. The first-order valence-electron chi connectivity index (χ1n) is 10.1. The van der Waals surface area contributed by atoms with Crippen LogP contribution in [0.3, 0.4) is 0 Å². The van der Waals surface area contributed by atoms with E-state index in [1.807, 2.05) is 45.0 Å². The zero-order valence-corrected chi connectivity index (χ0v) is 17.9. The summed E-state index contributed by atoms with van der Waals surface area (Å²) in [6.07, 6.45) is -0.273. The number of anilines is 2. The van der Waals surface area contributed by atoms with Crippen molar-refractivity contribution in [3.63, 3.8) is 0 Å². The van der Waals surface area contributed by atoms with Crippen LogP contribution in [0.4, 0.5) is 16.2 Å². The van der Waals surface area contributed by atoms with E-state index in [0.717, 1.165) is 18.8 Å². The Balaban J connectivity index is 1.56. The second-order valence-electron chi connectivity index (χ2n) is 8.45. The Bertz CT molecular complexity index is 911. The van der Waals surface area contributed by atoms with Crippen LogP contribution >= 0.6 is 0 Å². The summed E-state index contributed by atoms with van der Waals surface area (Å²) in [4.78, 5) is 28.6. The van der Waals surface area contributed by atoms with Crippen LogP contribution in [-0.4, -0.2) is 53.8 Å². The number of hydrogen-bond acceptors (Lipinski definition) is 5. The number of aryl methyl sites for hydroxylation is 1. The highest BCUT2D eigenvalue weighted by molar-refractivity contribution is 6.05. The number of piperazine rings is 1. The standard InChI is InChI=1S/C23H29N3O4/c1-16-15-19(27)9-10-20(16)21(28)24-17-5-7-18(8-6-17)25-11-13-26(14-12-25)22(29)30-23(2,3)4/h5-10,15,27H,11-14H2,1-4H3,(H,24,28). The molecule has 0 atom stereocenters. The van der Waals surface area contributed by atoms with Gasteiger partial charge in [0.15, 0.2) is 0 Å². The normalized spacial score (nSPS) is 14.4. The smallest absolute Gasteiger partial charge is 0.410 e. The van der Waals surface area contributed by atoms with Gasteiger partial charge in [-0.25, -0.2) is 4.79 Å². The van der Waals surface area contributed by atoms with Gasteiger partial charge in [-0.3, -0.25) is 4.79 Å². The predicted molar refractivity (Wildman–Crippen MR) is 117 cm³/mol. The third kappa shape index (κ3) is 5.43. The van der Waals surface area contributed by atoms with Crippen LogP contribution < -0.4 is 10.2 Å². The molecular formula is C23H29N3O4. The van der Waals surface area contributed by atoms with E-state index in [9.17, 15) is 14.7 Å². The number of rotatable bonds is 3. The van der Waals surface area contributed by atoms with Crippen LogP contribution in [0, 0.1) is 6.92 Å². The fourth-order valence-corrected chi connectivity index (χ4v) is 3.33. The minimum absolute atomic E-state index is 0.139. The third-order valence-corrected chi connectivity index (χ3v) is 4.88. The fourth-order valence-electron chi connectivity index (χ4n) is 3.33. The molecule has 1 saturated heterocycles. The van der Waals surface area contributed by atoms with E-state index in [2.05, 4.69) is 10.2 Å². The van der Waals surface area contributed by atoms with Gasteiger partial charge >= 0.3 is 6.09 Å². The summed E-state index contributed by atoms with van der Waals surface area (Å²) in [5.41, 5.74) is 2.48. The van der Waals surface area contributed by atoms with Gasteiger partial charge in [0.1, 0.15) is 11.4 Å². The van der Waals surface area contributed by atoms with Gasteiger partial charge in [0.2, 0.25) is 0 Å². The molecule has 7 nitrogen and oxygen atoms in total. The Hall–Kier alpha value is -3.22. The lowest BCUT2D eigenvalue weighted by Crippen LogP contribution is -2.50. The van der Waals surface area contributed by atoms with Gasteiger partial charge in [-0.2, -0.15) is 0 Å². The molecule has 160 valence electrons. The molecule has 2 aromatic carbocycles. The van der Waals surface area contributed by atoms with Crippen molar-refractivity contribution < 1.29 is 19.4 Å². The topological polar surface area (TPSA) is 82.1 Å². The van der Waals surface area contributed by atoms with Crippen LogP contribution in [0.15, 0.2) is 42.5 Å². The number of aromatic hydroxyl groups is 1. The second kappa shape index (κ2) is 8.65. The van der Waals surface area contributed by atoms with Crippen molar-refractivity contribution in [3.8, 4) is 5.75 Å². The molecule has 0 aromatic heterocycles. The van der Waals surface area contributed by atoms with Gasteiger partial charge in [0, 0.05) is 43.1 Å². The maximum absolute atomic E-state index is 12.5. The summed E-state index contributed by atoms with van der Waals surface area (Å²) >= 11 is 0. The summed E-state index contributed by atoms with van der Waals surface area (Å²) in [5, 5.41) is 12.4. The van der Waals surface area contributed by atoms with E-state index in [0.29, 0.717) is 29.9 Å². The number of phenolic OH excluding ortho intramolecular Hbond substituents is 1. The zero-order chi connectivity index (χ0) is 21.9. The van der Waals surface area contributed by atoms with Gasteiger partial charge in [-0.15, -0.1) is 0 Å². The lowest BCUT2D eigenvalue weighted by Gasteiger charge is -2.36. The maximum atomic E-state index is 12.5. The van der Waals surface area contributed by atoms with Gasteiger partial charge < -0.3 is 25.0 Å². The Morgan fingerprint density at radius 3 is 2.20 bits per heavy atom. The lowest BCUT2D eigenvalue weighted by atomic mass is 10.1. The Labute approximate surface area is 177 Å². The van der Waals surface area contributed by atoms with Crippen molar-refractivity contribution in [3.05, 3.63) is 53.6 Å². The third-order valence-electron chi connectivity index (χ3n) is 4.88. The van der Waals surface area contributed by atoms with Crippen molar-refractivity contribution in [2.24, 2.45) is 0 Å². The van der Waals surface area contributed by atoms with Gasteiger partial charge in [0.05, 0.1) is 0 Å². The van der Waals surface area contributed by atoms with E-state index in [1.54, 1.807) is 24.0 Å². The molecule has 1 aliphatic heterocycles. The fraction of sp³-hybridized carbons (Fsp3) is 0.391. The van der Waals surface area contributed by atoms with E-state index >= 15 is 0 Å². The van der Waals surface area contributed by atoms with E-state index in [-0.39, 0.29) is 17.7 Å². The number of nitrogens with zero attached hydrogens (tertiary/aromatic N) is 2. The van der Waals surface area contributed by atoms with E-state index in [4.69, 9.17) is 4.74 Å². The monoisotopic (exact) mass is 411 g/mol. The number of ether oxygens (including phenoxy) is 1. The number of hydrogen-bond donors (Lipinski definition) is 2. The molecule has 0 saturated carbocycles. The van der Waals surface area contributed by atoms with Crippen molar-refractivity contribution in [1.29, 1.82) is 0 Å². The van der Waals surface area contributed by atoms with Crippen molar-refractivity contribution in [1.82, 2.24) is 4.90 Å². The van der Waals surface area contributed by atoms with Gasteiger partial charge in [0.25, 0.3) is 5.91 Å². The number of nitrogens with one attached hydrogen (secondary N) is 1. The van der Waals surface area contributed by atoms with Crippen molar-refractivity contribution >= 4 is 23.4 Å².